The number of hydrogen-bond donors (Lipinski definition) is 2. The second-order valence-corrected chi connectivity index (χ2v) is 3.65. The molecule has 0 aliphatic rings. The topological polar surface area (TPSA) is 50.7 Å². The van der Waals surface area contributed by atoms with Crippen molar-refractivity contribution < 1.29 is 40.9 Å². The highest BCUT2D eigenvalue weighted by Gasteiger charge is 2.58. The lowest BCUT2D eigenvalue weighted by atomic mass is 10.3. The molecule has 0 bridgehead atoms. The maximum absolute atomic E-state index is 12.1. The third-order valence-corrected chi connectivity index (χ3v) is 1.91. The molecule has 2 N–H and O–H groups in total. The molecular weight excluding hydrogens is 284 g/mol. The molecule has 0 fully saturated rings. The van der Waals surface area contributed by atoms with Gasteiger partial charge in [-0.05, 0) is 0 Å². The van der Waals surface area contributed by atoms with Crippen molar-refractivity contribution in [3.8, 4) is 0 Å². The van der Waals surface area contributed by atoms with Crippen molar-refractivity contribution in [3.05, 3.63) is 0 Å². The molecule has 0 saturated heterocycles. The molecule has 0 aromatic rings. The average molecular weight is 299 g/mol. The quantitative estimate of drug-likeness (QED) is 0.520. The number of aliphatic hydroxyl groups excluding tert-OH is 1. The van der Waals surface area contributed by atoms with Gasteiger partial charge in [-0.15, -0.1) is 0 Å². The van der Waals surface area contributed by atoms with Crippen LogP contribution in [0, 0.1) is 0 Å². The van der Waals surface area contributed by atoms with E-state index in [2.05, 4.69) is 14.8 Å². The van der Waals surface area contributed by atoms with E-state index in [0.29, 0.717) is 13.2 Å². The van der Waals surface area contributed by atoms with Crippen LogP contribution in [0.5, 0.6) is 0 Å². The van der Waals surface area contributed by atoms with Gasteiger partial charge in [-0.25, -0.2) is 0 Å². The summed E-state index contributed by atoms with van der Waals surface area (Å²) in [6, 6.07) is 0. The molecule has 116 valence electrons. The third kappa shape index (κ3) is 8.24. The number of nitrogens with one attached hydrogen (secondary N) is 1. The molecule has 0 aliphatic carbocycles. The molecule has 4 nitrogen and oxygen atoms in total. The lowest BCUT2D eigenvalue weighted by Gasteiger charge is -2.24. The Morgan fingerprint density at radius 2 is 1.63 bits per heavy atom. The van der Waals surface area contributed by atoms with E-state index in [1.165, 1.54) is 7.11 Å². The van der Waals surface area contributed by atoms with Gasteiger partial charge in [-0.2, -0.15) is 26.3 Å². The van der Waals surface area contributed by atoms with Crippen LogP contribution >= 0.6 is 0 Å². The predicted molar refractivity (Wildman–Crippen MR) is 52.6 cm³/mol. The molecule has 10 heteroatoms. The van der Waals surface area contributed by atoms with Crippen LogP contribution in [0.2, 0.25) is 0 Å². The molecule has 0 saturated carbocycles. The normalized spacial score (nSPS) is 15.0. The van der Waals surface area contributed by atoms with E-state index in [4.69, 9.17) is 5.11 Å². The maximum atomic E-state index is 12.1. The molecule has 0 aromatic heterocycles. The van der Waals surface area contributed by atoms with Crippen molar-refractivity contribution in [1.82, 2.24) is 5.32 Å². The van der Waals surface area contributed by atoms with Crippen LogP contribution in [0.4, 0.5) is 26.3 Å². The monoisotopic (exact) mass is 299 g/mol. The van der Waals surface area contributed by atoms with Gasteiger partial charge in [0.2, 0.25) is 6.10 Å². The molecular formula is C9H15F6NO3. The van der Waals surface area contributed by atoms with Crippen molar-refractivity contribution in [2.24, 2.45) is 0 Å². The summed E-state index contributed by atoms with van der Waals surface area (Å²) in [6.07, 6.45) is -16.5. The van der Waals surface area contributed by atoms with E-state index in [1.54, 1.807) is 0 Å². The molecule has 0 aliphatic heterocycles. The first kappa shape index (κ1) is 18.4. The summed E-state index contributed by atoms with van der Waals surface area (Å²) in [6.45, 7) is -0.688. The lowest BCUT2D eigenvalue weighted by molar-refractivity contribution is -0.324. The number of ether oxygens (including phenoxy) is 2. The van der Waals surface area contributed by atoms with Crippen LogP contribution < -0.4 is 5.32 Å². The van der Waals surface area contributed by atoms with E-state index in [1.807, 2.05) is 0 Å². The second-order valence-electron chi connectivity index (χ2n) is 3.65. The molecule has 1 unspecified atom stereocenters. The Balaban J connectivity index is 4.12. The predicted octanol–water partition coefficient (Wildman–Crippen LogP) is 1.09. The van der Waals surface area contributed by atoms with Crippen LogP contribution in [0.25, 0.3) is 0 Å². The van der Waals surface area contributed by atoms with Gasteiger partial charge in [0.1, 0.15) is 0 Å². The molecule has 0 spiro atoms. The Labute approximate surface area is 105 Å². The Morgan fingerprint density at radius 3 is 2.05 bits per heavy atom. The zero-order chi connectivity index (χ0) is 15.1. The fourth-order valence-corrected chi connectivity index (χ4v) is 1.08. The summed E-state index contributed by atoms with van der Waals surface area (Å²) in [5, 5.41) is 11.7. The number of rotatable bonds is 8. The summed E-state index contributed by atoms with van der Waals surface area (Å²) in [5.41, 5.74) is 0. The Kier molecular flexibility index (Phi) is 7.64. The first-order valence-electron chi connectivity index (χ1n) is 5.21. The van der Waals surface area contributed by atoms with Crippen molar-refractivity contribution in [2.75, 3.05) is 33.4 Å². The van der Waals surface area contributed by atoms with E-state index < -0.39 is 31.2 Å². The van der Waals surface area contributed by atoms with E-state index >= 15 is 0 Å². The van der Waals surface area contributed by atoms with Gasteiger partial charge in [0.25, 0.3) is 0 Å². The van der Waals surface area contributed by atoms with Crippen molar-refractivity contribution >= 4 is 0 Å². The van der Waals surface area contributed by atoms with Crippen molar-refractivity contribution in [2.45, 2.75) is 24.6 Å². The Bertz CT molecular complexity index is 231. The molecule has 0 radical (unpaired) electrons. The molecule has 0 heterocycles. The van der Waals surface area contributed by atoms with Gasteiger partial charge in [0, 0.05) is 20.2 Å². The molecule has 0 amide bonds. The Morgan fingerprint density at radius 1 is 1.11 bits per heavy atom. The highest BCUT2D eigenvalue weighted by Crippen LogP contribution is 2.35. The summed E-state index contributed by atoms with van der Waals surface area (Å²) < 4.78 is 80.7. The average Bonchev–Trinajstić information content (AvgIpc) is 2.20. The van der Waals surface area contributed by atoms with Crippen LogP contribution in [-0.4, -0.2) is 63.1 Å². The molecule has 19 heavy (non-hydrogen) atoms. The van der Waals surface area contributed by atoms with Gasteiger partial charge in [-0.3, -0.25) is 0 Å². The van der Waals surface area contributed by atoms with Gasteiger partial charge in [0.05, 0.1) is 19.3 Å². The van der Waals surface area contributed by atoms with E-state index in [0.717, 1.165) is 0 Å². The van der Waals surface area contributed by atoms with Gasteiger partial charge < -0.3 is 19.9 Å². The zero-order valence-corrected chi connectivity index (χ0v) is 10.0. The fourth-order valence-electron chi connectivity index (χ4n) is 1.08. The number of halogens is 6. The van der Waals surface area contributed by atoms with Crippen molar-refractivity contribution in [1.29, 1.82) is 0 Å². The van der Waals surface area contributed by atoms with Crippen LogP contribution in [0.15, 0.2) is 0 Å². The molecule has 0 aromatic carbocycles. The standard InChI is InChI=1S/C9H15F6NO3/c1-18-3-2-16-4-6(17)5-19-7(8(10,11)12)9(13,14)15/h6-7,16-17H,2-5H2,1H3. The summed E-state index contributed by atoms with van der Waals surface area (Å²) in [5.74, 6) is 0. The fraction of sp³-hybridized carbons (Fsp3) is 1.00. The molecule has 0 rings (SSSR count). The second kappa shape index (κ2) is 7.88. The third-order valence-electron chi connectivity index (χ3n) is 1.91. The first-order valence-corrected chi connectivity index (χ1v) is 5.21. The van der Waals surface area contributed by atoms with Crippen LogP contribution in [0.1, 0.15) is 0 Å². The number of methoxy groups -OCH3 is 1. The summed E-state index contributed by atoms with van der Waals surface area (Å²) in [4.78, 5) is 0. The van der Waals surface area contributed by atoms with Gasteiger partial charge in [0.15, 0.2) is 0 Å². The largest absolute Gasteiger partial charge is 0.423 e. The number of aliphatic hydroxyl groups is 1. The maximum Gasteiger partial charge on any atom is 0.423 e. The smallest absolute Gasteiger partial charge is 0.389 e. The SMILES string of the molecule is COCCNCC(O)COC(C(F)(F)F)C(F)(F)F. The first-order chi connectivity index (χ1) is 8.59. The Hall–Kier alpha value is -0.580. The highest BCUT2D eigenvalue weighted by atomic mass is 19.4. The lowest BCUT2D eigenvalue weighted by Crippen LogP contribution is -2.46. The van der Waals surface area contributed by atoms with E-state index in [9.17, 15) is 26.3 Å². The van der Waals surface area contributed by atoms with E-state index in [-0.39, 0.29) is 6.54 Å². The molecule has 1 atom stereocenters. The zero-order valence-electron chi connectivity index (χ0n) is 10.0. The number of alkyl halides is 6. The highest BCUT2D eigenvalue weighted by molar-refractivity contribution is 4.76. The van der Waals surface area contributed by atoms with Gasteiger partial charge >= 0.3 is 12.4 Å². The van der Waals surface area contributed by atoms with Crippen LogP contribution in [0.3, 0.4) is 0 Å². The minimum Gasteiger partial charge on any atom is -0.389 e. The number of hydrogen-bond acceptors (Lipinski definition) is 4. The van der Waals surface area contributed by atoms with Gasteiger partial charge in [-0.1, -0.05) is 0 Å². The van der Waals surface area contributed by atoms with Crippen molar-refractivity contribution in [3.63, 3.8) is 0 Å². The summed E-state index contributed by atoms with van der Waals surface area (Å²) in [7, 11) is 1.42. The minimum atomic E-state index is -5.57. The summed E-state index contributed by atoms with van der Waals surface area (Å²) >= 11 is 0. The van der Waals surface area contributed by atoms with Crippen LogP contribution in [-0.2, 0) is 9.47 Å². The minimum absolute atomic E-state index is 0.203.